The fraction of sp³-hybridized carbons (Fsp3) is 0.0909. The van der Waals surface area contributed by atoms with Gasteiger partial charge in [-0.15, -0.1) is 11.3 Å². The summed E-state index contributed by atoms with van der Waals surface area (Å²) in [7, 11) is -3.84. The van der Waals surface area contributed by atoms with Gasteiger partial charge in [-0.05, 0) is 11.6 Å². The van der Waals surface area contributed by atoms with Crippen LogP contribution in [0.1, 0.15) is 16.1 Å². The highest BCUT2D eigenvalue weighted by atomic mass is 35.5. The fourth-order valence-electron chi connectivity index (χ4n) is 1.51. The number of carbonyl (C=O) groups is 1. The van der Waals surface area contributed by atoms with Crippen LogP contribution in [-0.2, 0) is 15.8 Å². The molecule has 10 heteroatoms. The molecule has 0 atom stereocenters. The van der Waals surface area contributed by atoms with Crippen LogP contribution in [0.3, 0.4) is 0 Å². The number of anilines is 1. The summed E-state index contributed by atoms with van der Waals surface area (Å²) in [6.45, 7) is 0. The number of nitrogens with one attached hydrogen (secondary N) is 1. The first-order valence-corrected chi connectivity index (χ1v) is 8.69. The molecule has 0 unspecified atom stereocenters. The summed E-state index contributed by atoms with van der Waals surface area (Å²) in [6, 6.07) is 4.64. The van der Waals surface area contributed by atoms with Crippen LogP contribution in [0.4, 0.5) is 5.00 Å². The molecule has 6 nitrogen and oxygen atoms in total. The van der Waals surface area contributed by atoms with E-state index in [1.54, 1.807) is 12.1 Å². The molecule has 0 aliphatic heterocycles. The van der Waals surface area contributed by atoms with Crippen LogP contribution in [0.25, 0.3) is 0 Å². The molecule has 1 aromatic carbocycles. The minimum Gasteiger partial charge on any atom is -0.476 e. The maximum Gasteiger partial charge on any atom is 0.357 e. The van der Waals surface area contributed by atoms with E-state index in [1.165, 1.54) is 11.6 Å². The monoisotopic (exact) mass is 366 g/mol. The molecule has 0 fully saturated rings. The third-order valence-corrected chi connectivity index (χ3v) is 5.33. The summed E-state index contributed by atoms with van der Waals surface area (Å²) in [5.74, 6) is -1.74. The number of halogens is 2. The van der Waals surface area contributed by atoms with E-state index in [2.05, 4.69) is 9.71 Å². The third kappa shape index (κ3) is 3.85. The lowest BCUT2D eigenvalue weighted by Crippen LogP contribution is -2.16. The molecule has 2 N–H and O–H groups in total. The molecule has 2 rings (SSSR count). The molecule has 112 valence electrons. The summed E-state index contributed by atoms with van der Waals surface area (Å²) in [5.41, 5.74) is 1.21. The zero-order valence-corrected chi connectivity index (χ0v) is 13.4. The molecule has 21 heavy (non-hydrogen) atoms. The molecule has 0 aliphatic carbocycles. The number of aromatic carboxylic acids is 1. The van der Waals surface area contributed by atoms with Crippen molar-refractivity contribution in [3.63, 3.8) is 0 Å². The van der Waals surface area contributed by atoms with Crippen LogP contribution in [0.15, 0.2) is 23.7 Å². The van der Waals surface area contributed by atoms with Gasteiger partial charge in [0.15, 0.2) is 5.69 Å². The van der Waals surface area contributed by atoms with Crippen LogP contribution >= 0.6 is 34.5 Å². The van der Waals surface area contributed by atoms with Gasteiger partial charge in [0.2, 0.25) is 10.0 Å². The van der Waals surface area contributed by atoms with E-state index in [1.807, 2.05) is 0 Å². The van der Waals surface area contributed by atoms with Crippen molar-refractivity contribution in [3.05, 3.63) is 45.0 Å². The van der Waals surface area contributed by atoms with Crippen molar-refractivity contribution in [2.45, 2.75) is 5.75 Å². The van der Waals surface area contributed by atoms with E-state index in [0.717, 1.165) is 11.3 Å². The van der Waals surface area contributed by atoms with E-state index in [0.29, 0.717) is 5.56 Å². The summed E-state index contributed by atoms with van der Waals surface area (Å²) >= 11 is 12.6. The number of thiazole rings is 1. The van der Waals surface area contributed by atoms with Gasteiger partial charge in [0.05, 0.1) is 21.3 Å². The molecular formula is C11H8Cl2N2O4S2. The minimum absolute atomic E-state index is 0.0550. The first-order valence-electron chi connectivity index (χ1n) is 5.40. The van der Waals surface area contributed by atoms with Crippen LogP contribution < -0.4 is 4.72 Å². The van der Waals surface area contributed by atoms with Gasteiger partial charge in [0, 0.05) is 0 Å². The summed E-state index contributed by atoms with van der Waals surface area (Å²) in [5, 5.41) is 9.23. The second kappa shape index (κ2) is 6.18. The van der Waals surface area contributed by atoms with Gasteiger partial charge in [-0.25, -0.2) is 18.2 Å². The van der Waals surface area contributed by atoms with E-state index in [-0.39, 0.29) is 20.7 Å². The first-order chi connectivity index (χ1) is 9.80. The quantitative estimate of drug-likeness (QED) is 0.847. The third-order valence-electron chi connectivity index (χ3n) is 2.40. The second-order valence-electron chi connectivity index (χ2n) is 3.91. The van der Waals surface area contributed by atoms with Gasteiger partial charge in [-0.3, -0.25) is 4.72 Å². The number of hydrogen-bond donors (Lipinski definition) is 2. The number of aromatic nitrogens is 1. The Morgan fingerprint density at radius 3 is 2.76 bits per heavy atom. The van der Waals surface area contributed by atoms with Crippen molar-refractivity contribution in [1.29, 1.82) is 0 Å². The van der Waals surface area contributed by atoms with Crippen molar-refractivity contribution < 1.29 is 18.3 Å². The molecule has 0 saturated heterocycles. The molecule has 0 spiro atoms. The number of nitrogens with zero attached hydrogens (tertiary/aromatic N) is 1. The predicted octanol–water partition coefficient (Wildman–Crippen LogP) is 3.09. The Labute approximate surface area is 134 Å². The maximum atomic E-state index is 12.1. The van der Waals surface area contributed by atoms with E-state index in [4.69, 9.17) is 28.3 Å². The molecule has 0 amide bonds. The van der Waals surface area contributed by atoms with Crippen LogP contribution in [0.2, 0.25) is 10.0 Å². The molecule has 1 aromatic heterocycles. The fourth-order valence-corrected chi connectivity index (χ4v) is 4.17. The molecule has 0 bridgehead atoms. The summed E-state index contributed by atoms with van der Waals surface area (Å²) in [4.78, 5) is 14.5. The number of rotatable bonds is 5. The maximum absolute atomic E-state index is 12.1. The normalized spacial score (nSPS) is 11.3. The zero-order chi connectivity index (χ0) is 15.6. The SMILES string of the molecule is O=C(O)c1ncsc1NS(=O)(=O)Cc1cccc(Cl)c1Cl. The number of hydrogen-bond acceptors (Lipinski definition) is 5. The van der Waals surface area contributed by atoms with E-state index < -0.39 is 21.7 Å². The van der Waals surface area contributed by atoms with Crippen LogP contribution in [0.5, 0.6) is 0 Å². The lowest BCUT2D eigenvalue weighted by atomic mass is 10.2. The Balaban J connectivity index is 2.25. The molecule has 0 saturated carbocycles. The van der Waals surface area contributed by atoms with Crippen molar-refractivity contribution in [1.82, 2.24) is 4.98 Å². The van der Waals surface area contributed by atoms with Gasteiger partial charge in [0.25, 0.3) is 0 Å². The molecule has 0 radical (unpaired) electrons. The van der Waals surface area contributed by atoms with Crippen LogP contribution in [-0.4, -0.2) is 24.5 Å². The number of carboxylic acid groups (broad SMARTS) is 1. The van der Waals surface area contributed by atoms with Crippen molar-refractivity contribution >= 4 is 55.5 Å². The smallest absolute Gasteiger partial charge is 0.357 e. The molecule has 2 aromatic rings. The Bertz CT molecular complexity index is 789. The van der Waals surface area contributed by atoms with Crippen molar-refractivity contribution in [2.24, 2.45) is 0 Å². The van der Waals surface area contributed by atoms with Gasteiger partial charge in [-0.1, -0.05) is 35.3 Å². The highest BCUT2D eigenvalue weighted by Gasteiger charge is 2.20. The molecular weight excluding hydrogens is 359 g/mol. The Morgan fingerprint density at radius 1 is 1.38 bits per heavy atom. The highest BCUT2D eigenvalue weighted by molar-refractivity contribution is 7.92. The average molecular weight is 367 g/mol. The molecule has 1 heterocycles. The largest absolute Gasteiger partial charge is 0.476 e. The lowest BCUT2D eigenvalue weighted by Gasteiger charge is -2.08. The van der Waals surface area contributed by atoms with Crippen molar-refractivity contribution in [3.8, 4) is 0 Å². The summed E-state index contributed by atoms with van der Waals surface area (Å²) in [6.07, 6.45) is 0. The zero-order valence-electron chi connectivity index (χ0n) is 10.2. The number of sulfonamides is 1. The number of benzene rings is 1. The van der Waals surface area contributed by atoms with E-state index >= 15 is 0 Å². The van der Waals surface area contributed by atoms with Gasteiger partial charge < -0.3 is 5.11 Å². The minimum atomic E-state index is -3.84. The van der Waals surface area contributed by atoms with Gasteiger partial charge in [-0.2, -0.15) is 0 Å². The second-order valence-corrected chi connectivity index (χ2v) is 7.27. The van der Waals surface area contributed by atoms with E-state index in [9.17, 15) is 13.2 Å². The first kappa shape index (κ1) is 16.0. The Kier molecular flexibility index (Phi) is 4.72. The van der Waals surface area contributed by atoms with Crippen LogP contribution in [0, 0.1) is 0 Å². The Morgan fingerprint density at radius 2 is 2.10 bits per heavy atom. The predicted molar refractivity (Wildman–Crippen MR) is 81.8 cm³/mol. The summed E-state index contributed by atoms with van der Waals surface area (Å²) < 4.78 is 26.3. The average Bonchev–Trinajstić information content (AvgIpc) is 2.82. The number of carboxylic acids is 1. The lowest BCUT2D eigenvalue weighted by molar-refractivity contribution is 0.0692. The standard InChI is InChI=1S/C11H8Cl2N2O4S2/c12-7-3-1-2-6(8(7)13)4-21(18,19)15-10-9(11(16)17)14-5-20-10/h1-3,5,15H,4H2,(H,16,17). The molecule has 0 aliphatic rings. The van der Waals surface area contributed by atoms with Gasteiger partial charge >= 0.3 is 5.97 Å². The highest BCUT2D eigenvalue weighted by Crippen LogP contribution is 2.28. The van der Waals surface area contributed by atoms with Crippen molar-refractivity contribution in [2.75, 3.05) is 4.72 Å². The van der Waals surface area contributed by atoms with Gasteiger partial charge in [0.1, 0.15) is 5.00 Å². The topological polar surface area (TPSA) is 96.4 Å². The Hall–Kier alpha value is -1.35.